The fraction of sp³-hybridized carbons (Fsp3) is 0.286. The molecule has 0 rings (SSSR count). The van der Waals surface area contributed by atoms with Crippen molar-refractivity contribution in [1.29, 1.82) is 0 Å². The predicted octanol–water partition coefficient (Wildman–Crippen LogP) is 1.08. The van der Waals surface area contributed by atoms with E-state index >= 15 is 0 Å². The van der Waals surface area contributed by atoms with Crippen LogP contribution in [0.5, 0.6) is 0 Å². The summed E-state index contributed by atoms with van der Waals surface area (Å²) in [7, 11) is 0. The van der Waals surface area contributed by atoms with Gasteiger partial charge in [0.05, 0.1) is 6.61 Å². The van der Waals surface area contributed by atoms with Crippen LogP contribution in [0.1, 0.15) is 0 Å². The normalized spacial score (nSPS) is 7.09. The van der Waals surface area contributed by atoms with Crippen LogP contribution in [-0.4, -0.2) is 24.3 Å². The summed E-state index contributed by atoms with van der Waals surface area (Å²) in [6.07, 6.45) is 1.05. The van der Waals surface area contributed by atoms with Crippen molar-refractivity contribution in [2.45, 2.75) is 0 Å². The smallest absolute Gasteiger partial charge is 0.330 e. The third-order valence-corrected chi connectivity index (χ3v) is 0.502. The highest BCUT2D eigenvalue weighted by Gasteiger charge is 1.90. The largest absolute Gasteiger partial charge is 0.460 e. The molecule has 0 radical (unpaired) electrons. The maximum absolute atomic E-state index is 10.1. The fourth-order valence-electron chi connectivity index (χ4n) is 0.205. The highest BCUT2D eigenvalue weighted by Crippen LogP contribution is 1.75. The Labute approximate surface area is 70.9 Å². The number of halogens is 1. The van der Waals surface area contributed by atoms with Crippen molar-refractivity contribution in [3.63, 3.8) is 0 Å². The molecule has 0 bridgehead atoms. The van der Waals surface area contributed by atoms with Gasteiger partial charge in [0.1, 0.15) is 6.61 Å². The fourth-order valence-corrected chi connectivity index (χ4v) is 0.205. The van der Waals surface area contributed by atoms with Crippen LogP contribution in [0.3, 0.4) is 0 Å². The number of carbonyl (C=O) groups is 1. The predicted molar refractivity (Wildman–Crippen MR) is 44.3 cm³/mol. The summed E-state index contributed by atoms with van der Waals surface area (Å²) < 4.78 is 4.33. The standard InChI is InChI=1S/C5H8O3.C2H3Cl/c1-2-5(7)8-4-3-6;1-2-3/h2,6H,1,3-4H2;2H,1H2. The first-order chi connectivity index (χ1) is 5.22. The Bertz CT molecular complexity index is 123. The van der Waals surface area contributed by atoms with Gasteiger partial charge in [-0.05, 0) is 5.54 Å². The SMILES string of the molecule is C=CC(=O)OCCO.C=CCl. The number of hydrogen-bond acceptors (Lipinski definition) is 3. The Hall–Kier alpha value is -0.800. The first-order valence-corrected chi connectivity index (χ1v) is 3.27. The zero-order chi connectivity index (χ0) is 9.11. The number of ether oxygens (including phenoxy) is 1. The Morgan fingerprint density at radius 3 is 2.36 bits per heavy atom. The van der Waals surface area contributed by atoms with E-state index in [4.69, 9.17) is 16.7 Å². The number of carbonyl (C=O) groups excluding carboxylic acids is 1. The van der Waals surface area contributed by atoms with Crippen molar-refractivity contribution < 1.29 is 14.6 Å². The van der Waals surface area contributed by atoms with Gasteiger partial charge < -0.3 is 9.84 Å². The molecule has 0 fully saturated rings. The van der Waals surface area contributed by atoms with Gasteiger partial charge in [-0.2, -0.15) is 0 Å². The van der Waals surface area contributed by atoms with Gasteiger partial charge in [0, 0.05) is 6.08 Å². The van der Waals surface area contributed by atoms with Crippen molar-refractivity contribution in [2.75, 3.05) is 13.2 Å². The minimum absolute atomic E-state index is 0.0465. The maximum Gasteiger partial charge on any atom is 0.330 e. The quantitative estimate of drug-likeness (QED) is 0.520. The zero-order valence-corrected chi connectivity index (χ0v) is 6.88. The topological polar surface area (TPSA) is 46.5 Å². The molecule has 0 saturated carbocycles. The maximum atomic E-state index is 10.1. The van der Waals surface area contributed by atoms with Crippen molar-refractivity contribution >= 4 is 17.6 Å². The van der Waals surface area contributed by atoms with Gasteiger partial charge in [0.15, 0.2) is 0 Å². The summed E-state index contributed by atoms with van der Waals surface area (Å²) >= 11 is 4.76. The second-order valence-electron chi connectivity index (χ2n) is 1.25. The van der Waals surface area contributed by atoms with Crippen LogP contribution in [0.15, 0.2) is 24.8 Å². The Morgan fingerprint density at radius 2 is 2.09 bits per heavy atom. The minimum atomic E-state index is -0.501. The molecule has 3 nitrogen and oxygen atoms in total. The first-order valence-electron chi connectivity index (χ1n) is 2.84. The van der Waals surface area contributed by atoms with E-state index in [9.17, 15) is 4.79 Å². The van der Waals surface area contributed by atoms with Gasteiger partial charge in [-0.25, -0.2) is 4.79 Å². The molecule has 0 aromatic carbocycles. The molecule has 1 N–H and O–H groups in total. The molecule has 64 valence electrons. The first kappa shape index (κ1) is 12.8. The summed E-state index contributed by atoms with van der Waals surface area (Å²) in [6, 6.07) is 0. The van der Waals surface area contributed by atoms with Crippen LogP contribution in [0.25, 0.3) is 0 Å². The minimum Gasteiger partial charge on any atom is -0.460 e. The lowest BCUT2D eigenvalue weighted by molar-refractivity contribution is -0.138. The van der Waals surface area contributed by atoms with E-state index in [2.05, 4.69) is 17.9 Å². The molecular formula is C7H11ClO3. The molecule has 0 saturated heterocycles. The molecule has 0 aromatic heterocycles. The van der Waals surface area contributed by atoms with Crippen molar-refractivity contribution in [2.24, 2.45) is 0 Å². The molecule has 0 aliphatic carbocycles. The molecule has 11 heavy (non-hydrogen) atoms. The van der Waals surface area contributed by atoms with Crippen molar-refractivity contribution in [3.8, 4) is 0 Å². The van der Waals surface area contributed by atoms with E-state index in [1.54, 1.807) is 0 Å². The molecule has 0 heterocycles. The van der Waals surface area contributed by atoms with Gasteiger partial charge in [0.25, 0.3) is 0 Å². The van der Waals surface area contributed by atoms with Crippen LogP contribution < -0.4 is 0 Å². The molecule has 0 aliphatic heterocycles. The molecule has 0 aromatic rings. The third kappa shape index (κ3) is 17.6. The van der Waals surface area contributed by atoms with E-state index in [0.29, 0.717) is 0 Å². The molecule has 0 amide bonds. The van der Waals surface area contributed by atoms with Gasteiger partial charge in [-0.1, -0.05) is 24.8 Å². The summed E-state index contributed by atoms with van der Waals surface area (Å²) in [5.74, 6) is -0.501. The summed E-state index contributed by atoms with van der Waals surface area (Å²) in [6.45, 7) is 6.19. The molecule has 0 unspecified atom stereocenters. The average molecular weight is 179 g/mol. The zero-order valence-electron chi connectivity index (χ0n) is 6.12. The lowest BCUT2D eigenvalue weighted by atomic mass is 10.6. The van der Waals surface area contributed by atoms with Crippen LogP contribution in [0, 0.1) is 0 Å². The molecule has 0 aliphatic rings. The van der Waals surface area contributed by atoms with E-state index in [1.165, 1.54) is 5.54 Å². The Morgan fingerprint density at radius 1 is 1.64 bits per heavy atom. The van der Waals surface area contributed by atoms with Gasteiger partial charge in [-0.15, -0.1) is 0 Å². The number of aliphatic hydroxyl groups excluding tert-OH is 1. The van der Waals surface area contributed by atoms with E-state index in [1.807, 2.05) is 0 Å². The Balaban J connectivity index is 0. The molecule has 4 heteroatoms. The molecule has 0 atom stereocenters. The van der Waals surface area contributed by atoms with E-state index in [0.717, 1.165) is 6.08 Å². The third-order valence-electron chi connectivity index (χ3n) is 0.502. The second kappa shape index (κ2) is 11.9. The second-order valence-corrected chi connectivity index (χ2v) is 1.56. The lowest BCUT2D eigenvalue weighted by Crippen LogP contribution is -2.04. The number of rotatable bonds is 3. The van der Waals surface area contributed by atoms with Gasteiger partial charge in [0.2, 0.25) is 0 Å². The molecule has 0 spiro atoms. The van der Waals surface area contributed by atoms with Crippen molar-refractivity contribution in [3.05, 3.63) is 24.8 Å². The number of esters is 1. The number of hydrogen-bond donors (Lipinski definition) is 1. The van der Waals surface area contributed by atoms with Crippen LogP contribution in [0.2, 0.25) is 0 Å². The summed E-state index contributed by atoms with van der Waals surface area (Å²) in [5, 5.41) is 8.10. The van der Waals surface area contributed by atoms with Crippen LogP contribution in [-0.2, 0) is 9.53 Å². The number of aliphatic hydroxyl groups is 1. The lowest BCUT2D eigenvalue weighted by Gasteiger charge is -1.94. The highest BCUT2D eigenvalue weighted by atomic mass is 35.5. The van der Waals surface area contributed by atoms with E-state index < -0.39 is 5.97 Å². The Kier molecular flexibility index (Phi) is 13.9. The highest BCUT2D eigenvalue weighted by molar-refractivity contribution is 6.25. The monoisotopic (exact) mass is 178 g/mol. The molecular weight excluding hydrogens is 168 g/mol. The van der Waals surface area contributed by atoms with Crippen LogP contribution >= 0.6 is 11.6 Å². The average Bonchev–Trinajstić information content (AvgIpc) is 2.02. The van der Waals surface area contributed by atoms with E-state index in [-0.39, 0.29) is 13.2 Å². The summed E-state index contributed by atoms with van der Waals surface area (Å²) in [5.41, 5.74) is 1.22. The van der Waals surface area contributed by atoms with Crippen LogP contribution in [0.4, 0.5) is 0 Å². The van der Waals surface area contributed by atoms with Crippen molar-refractivity contribution in [1.82, 2.24) is 0 Å². The summed E-state index contributed by atoms with van der Waals surface area (Å²) in [4.78, 5) is 10.1. The van der Waals surface area contributed by atoms with Gasteiger partial charge in [-0.3, -0.25) is 0 Å². The van der Waals surface area contributed by atoms with Gasteiger partial charge >= 0.3 is 5.97 Å².